The van der Waals surface area contributed by atoms with Crippen LogP contribution in [0.2, 0.25) is 0 Å². The van der Waals surface area contributed by atoms with Crippen LogP contribution in [0.25, 0.3) is 0 Å². The first-order valence-electron chi connectivity index (χ1n) is 6.79. The fourth-order valence-corrected chi connectivity index (χ4v) is 2.29. The Kier molecular flexibility index (Phi) is 4.56. The van der Waals surface area contributed by atoms with Gasteiger partial charge < -0.3 is 5.32 Å². The molecule has 1 N–H and O–H groups in total. The van der Waals surface area contributed by atoms with Crippen molar-refractivity contribution in [2.45, 2.75) is 32.7 Å². The lowest BCUT2D eigenvalue weighted by Crippen LogP contribution is -2.12. The zero-order valence-electron chi connectivity index (χ0n) is 11.5. The summed E-state index contributed by atoms with van der Waals surface area (Å²) in [4.78, 5) is 0. The highest BCUT2D eigenvalue weighted by molar-refractivity contribution is 5.53. The number of benzene rings is 2. The Hall–Kier alpha value is -1.83. The van der Waals surface area contributed by atoms with Crippen LogP contribution in [-0.4, -0.2) is 0 Å². The van der Waals surface area contributed by atoms with E-state index < -0.39 is 0 Å². The van der Waals surface area contributed by atoms with Gasteiger partial charge in [-0.1, -0.05) is 55.8 Å². The monoisotopic (exact) mass is 257 g/mol. The van der Waals surface area contributed by atoms with Crippen molar-refractivity contribution < 1.29 is 4.39 Å². The van der Waals surface area contributed by atoms with Crippen LogP contribution in [0, 0.1) is 12.7 Å². The second kappa shape index (κ2) is 6.37. The lowest BCUT2D eigenvalue weighted by molar-refractivity contribution is 0.616. The smallest absolute Gasteiger partial charge is 0.146 e. The summed E-state index contributed by atoms with van der Waals surface area (Å²) in [6.07, 6.45) is 2.04. The molecule has 0 aromatic heterocycles. The van der Waals surface area contributed by atoms with Crippen LogP contribution in [0.4, 0.5) is 10.1 Å². The Labute approximate surface area is 114 Å². The average Bonchev–Trinajstić information content (AvgIpc) is 2.43. The molecule has 1 unspecified atom stereocenters. The Morgan fingerprint density at radius 2 is 1.79 bits per heavy atom. The van der Waals surface area contributed by atoms with Gasteiger partial charge in [0.25, 0.3) is 0 Å². The summed E-state index contributed by atoms with van der Waals surface area (Å²) >= 11 is 0. The van der Waals surface area contributed by atoms with Crippen LogP contribution in [0.3, 0.4) is 0 Å². The summed E-state index contributed by atoms with van der Waals surface area (Å²) in [5, 5.41) is 3.36. The van der Waals surface area contributed by atoms with Crippen molar-refractivity contribution in [3.8, 4) is 0 Å². The molecule has 1 nitrogen and oxygen atoms in total. The normalized spacial score (nSPS) is 12.2. The van der Waals surface area contributed by atoms with Crippen LogP contribution < -0.4 is 5.32 Å². The Bertz CT molecular complexity index is 502. The molecule has 0 aliphatic rings. The molecule has 0 amide bonds. The van der Waals surface area contributed by atoms with E-state index in [0.29, 0.717) is 5.69 Å². The maximum Gasteiger partial charge on any atom is 0.146 e. The molecule has 2 aromatic carbocycles. The van der Waals surface area contributed by atoms with Gasteiger partial charge in [-0.05, 0) is 30.5 Å². The Morgan fingerprint density at radius 1 is 1.05 bits per heavy atom. The van der Waals surface area contributed by atoms with E-state index in [1.165, 1.54) is 11.6 Å². The second-order valence-corrected chi connectivity index (χ2v) is 4.83. The van der Waals surface area contributed by atoms with Gasteiger partial charge in [-0.3, -0.25) is 0 Å². The van der Waals surface area contributed by atoms with Gasteiger partial charge in [0.2, 0.25) is 0 Å². The first kappa shape index (κ1) is 13.6. The highest BCUT2D eigenvalue weighted by Gasteiger charge is 2.13. The molecule has 0 saturated heterocycles. The molecule has 0 spiro atoms. The predicted octanol–water partition coefficient (Wildman–Crippen LogP) is 5.09. The van der Waals surface area contributed by atoms with Crippen molar-refractivity contribution in [1.82, 2.24) is 0 Å². The van der Waals surface area contributed by atoms with Gasteiger partial charge in [0.05, 0.1) is 11.7 Å². The highest BCUT2D eigenvalue weighted by atomic mass is 19.1. The minimum absolute atomic E-state index is 0.154. The summed E-state index contributed by atoms with van der Waals surface area (Å²) in [6, 6.07) is 15.5. The topological polar surface area (TPSA) is 12.0 Å². The summed E-state index contributed by atoms with van der Waals surface area (Å²) in [5.74, 6) is -0.183. The van der Waals surface area contributed by atoms with E-state index in [0.717, 1.165) is 18.4 Å². The number of halogens is 1. The lowest BCUT2D eigenvalue weighted by atomic mass is 10.0. The number of aryl methyl sites for hydroxylation is 1. The lowest BCUT2D eigenvalue weighted by Gasteiger charge is -2.21. The first-order chi connectivity index (χ1) is 9.22. The summed E-state index contributed by atoms with van der Waals surface area (Å²) in [6.45, 7) is 4.07. The number of rotatable bonds is 5. The van der Waals surface area contributed by atoms with E-state index in [1.54, 1.807) is 6.07 Å². The van der Waals surface area contributed by atoms with Gasteiger partial charge in [0.1, 0.15) is 5.82 Å². The van der Waals surface area contributed by atoms with Crippen LogP contribution >= 0.6 is 0 Å². The molecular formula is C17H20FN. The molecule has 2 heteroatoms. The zero-order chi connectivity index (χ0) is 13.7. The fraction of sp³-hybridized carbons (Fsp3) is 0.294. The molecule has 2 rings (SSSR count). The van der Waals surface area contributed by atoms with E-state index in [4.69, 9.17) is 0 Å². The van der Waals surface area contributed by atoms with Gasteiger partial charge in [0, 0.05) is 0 Å². The molecule has 0 fully saturated rings. The Balaban J connectivity index is 2.27. The van der Waals surface area contributed by atoms with Crippen LogP contribution in [0.5, 0.6) is 0 Å². The highest BCUT2D eigenvalue weighted by Crippen LogP contribution is 2.27. The summed E-state index contributed by atoms with van der Waals surface area (Å²) in [7, 11) is 0. The average molecular weight is 257 g/mol. The predicted molar refractivity (Wildman–Crippen MR) is 78.9 cm³/mol. The third-order valence-electron chi connectivity index (χ3n) is 3.32. The van der Waals surface area contributed by atoms with E-state index in [1.807, 2.05) is 31.2 Å². The van der Waals surface area contributed by atoms with Gasteiger partial charge >= 0.3 is 0 Å². The van der Waals surface area contributed by atoms with Gasteiger partial charge in [-0.15, -0.1) is 0 Å². The standard InChI is InChI=1S/C17H20FN/c1-3-8-16(14-10-5-4-6-11-14)19-17-13(2)9-7-12-15(17)18/h4-7,9-12,16,19H,3,8H2,1-2H3. The van der Waals surface area contributed by atoms with Crippen molar-refractivity contribution in [1.29, 1.82) is 0 Å². The van der Waals surface area contributed by atoms with E-state index in [9.17, 15) is 4.39 Å². The fourth-order valence-electron chi connectivity index (χ4n) is 2.29. The van der Waals surface area contributed by atoms with E-state index >= 15 is 0 Å². The molecule has 100 valence electrons. The largest absolute Gasteiger partial charge is 0.376 e. The van der Waals surface area contributed by atoms with Crippen molar-refractivity contribution in [2.75, 3.05) is 5.32 Å². The third-order valence-corrected chi connectivity index (χ3v) is 3.32. The quantitative estimate of drug-likeness (QED) is 0.787. The molecular weight excluding hydrogens is 237 g/mol. The van der Waals surface area contributed by atoms with Gasteiger partial charge in [0.15, 0.2) is 0 Å². The molecule has 2 aromatic rings. The van der Waals surface area contributed by atoms with Crippen LogP contribution in [0.15, 0.2) is 48.5 Å². The van der Waals surface area contributed by atoms with Gasteiger partial charge in [-0.2, -0.15) is 0 Å². The second-order valence-electron chi connectivity index (χ2n) is 4.83. The molecule has 0 aliphatic heterocycles. The van der Waals surface area contributed by atoms with Crippen molar-refractivity contribution in [2.24, 2.45) is 0 Å². The molecule has 0 radical (unpaired) electrons. The number of hydrogen-bond donors (Lipinski definition) is 1. The van der Waals surface area contributed by atoms with E-state index in [2.05, 4.69) is 24.4 Å². The minimum atomic E-state index is -0.183. The molecule has 1 atom stereocenters. The van der Waals surface area contributed by atoms with Crippen molar-refractivity contribution in [3.05, 3.63) is 65.5 Å². The number of nitrogens with one attached hydrogen (secondary N) is 1. The van der Waals surface area contributed by atoms with Crippen LogP contribution in [-0.2, 0) is 0 Å². The van der Waals surface area contributed by atoms with E-state index in [-0.39, 0.29) is 11.9 Å². The molecule has 19 heavy (non-hydrogen) atoms. The van der Waals surface area contributed by atoms with Crippen molar-refractivity contribution in [3.63, 3.8) is 0 Å². The minimum Gasteiger partial charge on any atom is -0.376 e. The number of hydrogen-bond acceptors (Lipinski definition) is 1. The molecule has 0 aliphatic carbocycles. The summed E-state index contributed by atoms with van der Waals surface area (Å²) < 4.78 is 13.9. The van der Waals surface area contributed by atoms with Gasteiger partial charge in [-0.25, -0.2) is 4.39 Å². The van der Waals surface area contributed by atoms with Crippen molar-refractivity contribution >= 4 is 5.69 Å². The molecule has 0 bridgehead atoms. The third kappa shape index (κ3) is 3.34. The van der Waals surface area contributed by atoms with Crippen LogP contribution in [0.1, 0.15) is 36.9 Å². The summed E-state index contributed by atoms with van der Waals surface area (Å²) in [5.41, 5.74) is 2.76. The maximum atomic E-state index is 13.9. The zero-order valence-corrected chi connectivity index (χ0v) is 11.5. The maximum absolute atomic E-state index is 13.9. The number of anilines is 1. The Morgan fingerprint density at radius 3 is 2.42 bits per heavy atom. The SMILES string of the molecule is CCCC(Nc1c(C)cccc1F)c1ccccc1. The molecule has 0 heterocycles. The first-order valence-corrected chi connectivity index (χ1v) is 6.79. The molecule has 0 saturated carbocycles. The number of para-hydroxylation sites is 1.